The maximum absolute atomic E-state index is 10.3. The van der Waals surface area contributed by atoms with Gasteiger partial charge in [0.15, 0.2) is 0 Å². The van der Waals surface area contributed by atoms with E-state index in [4.69, 9.17) is 0 Å². The molecule has 92 valence electrons. The molecule has 0 spiro atoms. The summed E-state index contributed by atoms with van der Waals surface area (Å²) in [5.74, 6) is 0. The number of piperazine rings is 1. The number of nitrogens with one attached hydrogen (secondary N) is 1. The first kappa shape index (κ1) is 11.9. The fourth-order valence-corrected chi connectivity index (χ4v) is 2.09. The summed E-state index contributed by atoms with van der Waals surface area (Å²) in [5, 5.41) is 2.69. The van der Waals surface area contributed by atoms with E-state index in [-0.39, 0.29) is 0 Å². The maximum Gasteiger partial charge on any atom is 0.207 e. The van der Waals surface area contributed by atoms with Crippen LogP contribution in [0, 0.1) is 0 Å². The number of carbonyl (C=O) groups excluding carboxylic acids is 1. The molecule has 1 N–H and O–H groups in total. The van der Waals surface area contributed by atoms with Crippen molar-refractivity contribution in [2.75, 3.05) is 38.1 Å². The van der Waals surface area contributed by atoms with Gasteiger partial charge in [-0.3, -0.25) is 4.79 Å². The Hall–Kier alpha value is -1.55. The van der Waals surface area contributed by atoms with Crippen molar-refractivity contribution < 1.29 is 4.79 Å². The van der Waals surface area contributed by atoms with Crippen LogP contribution in [0.3, 0.4) is 0 Å². The Bertz CT molecular complexity index is 373. The molecule has 2 rings (SSSR count). The van der Waals surface area contributed by atoms with Gasteiger partial charge in [-0.1, -0.05) is 12.1 Å². The van der Waals surface area contributed by atoms with Crippen LogP contribution in [0.5, 0.6) is 0 Å². The smallest absolute Gasteiger partial charge is 0.207 e. The summed E-state index contributed by atoms with van der Waals surface area (Å²) < 4.78 is 0. The lowest BCUT2D eigenvalue weighted by atomic mass is 10.1. The minimum Gasteiger partial charge on any atom is -0.369 e. The van der Waals surface area contributed by atoms with Crippen molar-refractivity contribution in [3.63, 3.8) is 0 Å². The van der Waals surface area contributed by atoms with Crippen LogP contribution < -0.4 is 10.2 Å². The molecule has 1 aliphatic heterocycles. The second kappa shape index (κ2) is 5.68. The largest absolute Gasteiger partial charge is 0.369 e. The Kier molecular flexibility index (Phi) is 3.98. The zero-order valence-electron chi connectivity index (χ0n) is 10.2. The molecule has 1 fully saturated rings. The van der Waals surface area contributed by atoms with E-state index in [1.165, 1.54) is 5.69 Å². The SMILES string of the molecule is CN1CCN(c2cccc(CNC=O)c2)CC1. The van der Waals surface area contributed by atoms with Gasteiger partial charge < -0.3 is 15.1 Å². The molecular formula is C13H19N3O. The van der Waals surface area contributed by atoms with E-state index in [2.05, 4.69) is 40.4 Å². The highest BCUT2D eigenvalue weighted by atomic mass is 16.1. The molecule has 0 saturated carbocycles. The molecule has 1 aromatic rings. The van der Waals surface area contributed by atoms with Gasteiger partial charge in [-0.15, -0.1) is 0 Å². The third kappa shape index (κ3) is 3.20. The van der Waals surface area contributed by atoms with Crippen LogP contribution >= 0.6 is 0 Å². The quantitative estimate of drug-likeness (QED) is 0.777. The lowest BCUT2D eigenvalue weighted by Gasteiger charge is -2.34. The van der Waals surface area contributed by atoms with Crippen LogP contribution in [0.1, 0.15) is 5.56 Å². The average Bonchev–Trinajstić information content (AvgIpc) is 2.37. The third-order valence-corrected chi connectivity index (χ3v) is 3.17. The van der Waals surface area contributed by atoms with Crippen molar-refractivity contribution in [1.29, 1.82) is 0 Å². The van der Waals surface area contributed by atoms with Crippen LogP contribution in [-0.2, 0) is 11.3 Å². The number of hydrogen-bond acceptors (Lipinski definition) is 3. The lowest BCUT2D eigenvalue weighted by Crippen LogP contribution is -2.44. The fourth-order valence-electron chi connectivity index (χ4n) is 2.09. The second-order valence-corrected chi connectivity index (χ2v) is 4.46. The number of likely N-dealkylation sites (N-methyl/N-ethyl adjacent to an activating group) is 1. The van der Waals surface area contributed by atoms with E-state index in [9.17, 15) is 4.79 Å². The highest BCUT2D eigenvalue weighted by Crippen LogP contribution is 2.17. The summed E-state index contributed by atoms with van der Waals surface area (Å²) in [7, 11) is 2.15. The first-order valence-electron chi connectivity index (χ1n) is 5.99. The van der Waals surface area contributed by atoms with E-state index < -0.39 is 0 Å². The number of hydrogen-bond donors (Lipinski definition) is 1. The molecule has 4 nitrogen and oxygen atoms in total. The average molecular weight is 233 g/mol. The normalized spacial score (nSPS) is 16.9. The summed E-state index contributed by atoms with van der Waals surface area (Å²) >= 11 is 0. The monoisotopic (exact) mass is 233 g/mol. The van der Waals surface area contributed by atoms with Crippen LogP contribution in [0.15, 0.2) is 24.3 Å². The van der Waals surface area contributed by atoms with Crippen LogP contribution in [0.2, 0.25) is 0 Å². The Morgan fingerprint density at radius 2 is 2.06 bits per heavy atom. The van der Waals surface area contributed by atoms with Gasteiger partial charge in [-0.05, 0) is 24.7 Å². The van der Waals surface area contributed by atoms with Crippen molar-refractivity contribution in [3.8, 4) is 0 Å². The number of rotatable bonds is 4. The minimum atomic E-state index is 0.602. The van der Waals surface area contributed by atoms with Crippen molar-refractivity contribution in [1.82, 2.24) is 10.2 Å². The predicted molar refractivity (Wildman–Crippen MR) is 69.1 cm³/mol. The number of nitrogens with zero attached hydrogens (tertiary/aromatic N) is 2. The van der Waals surface area contributed by atoms with Gasteiger partial charge in [0.2, 0.25) is 6.41 Å². The van der Waals surface area contributed by atoms with Crippen molar-refractivity contribution >= 4 is 12.1 Å². The predicted octanol–water partition coefficient (Wildman–Crippen LogP) is 0.684. The first-order valence-corrected chi connectivity index (χ1v) is 5.99. The highest BCUT2D eigenvalue weighted by Gasteiger charge is 2.14. The third-order valence-electron chi connectivity index (χ3n) is 3.17. The lowest BCUT2D eigenvalue weighted by molar-refractivity contribution is -0.109. The Morgan fingerprint density at radius 3 is 2.76 bits per heavy atom. The van der Waals surface area contributed by atoms with Crippen LogP contribution in [0.25, 0.3) is 0 Å². The summed E-state index contributed by atoms with van der Waals surface area (Å²) in [4.78, 5) is 15.0. The van der Waals surface area contributed by atoms with E-state index >= 15 is 0 Å². The van der Waals surface area contributed by atoms with Crippen molar-refractivity contribution in [2.45, 2.75) is 6.54 Å². The molecule has 4 heteroatoms. The van der Waals surface area contributed by atoms with E-state index in [1.54, 1.807) is 0 Å². The molecule has 1 heterocycles. The topological polar surface area (TPSA) is 35.6 Å². The molecule has 1 saturated heterocycles. The number of carbonyl (C=O) groups is 1. The van der Waals surface area contributed by atoms with E-state index in [1.807, 2.05) is 6.07 Å². The molecule has 1 amide bonds. The summed E-state index contributed by atoms with van der Waals surface area (Å²) in [6.45, 7) is 4.96. The molecule has 0 radical (unpaired) electrons. The minimum absolute atomic E-state index is 0.602. The zero-order valence-corrected chi connectivity index (χ0v) is 10.2. The molecule has 0 aliphatic carbocycles. The molecule has 1 aromatic carbocycles. The van der Waals surface area contributed by atoms with E-state index in [0.717, 1.165) is 38.2 Å². The van der Waals surface area contributed by atoms with Crippen LogP contribution in [0.4, 0.5) is 5.69 Å². The molecule has 0 unspecified atom stereocenters. The fraction of sp³-hybridized carbons (Fsp3) is 0.462. The van der Waals surface area contributed by atoms with Gasteiger partial charge in [-0.2, -0.15) is 0 Å². The van der Waals surface area contributed by atoms with Gasteiger partial charge in [0, 0.05) is 38.4 Å². The van der Waals surface area contributed by atoms with Crippen LogP contribution in [-0.4, -0.2) is 44.5 Å². The van der Waals surface area contributed by atoms with Crippen molar-refractivity contribution in [2.24, 2.45) is 0 Å². The molecule has 1 aliphatic rings. The van der Waals surface area contributed by atoms with Gasteiger partial charge >= 0.3 is 0 Å². The Balaban J connectivity index is 2.02. The summed E-state index contributed by atoms with van der Waals surface area (Å²) in [6, 6.07) is 8.38. The highest BCUT2D eigenvalue weighted by molar-refractivity contribution is 5.50. The summed E-state index contributed by atoms with van der Waals surface area (Å²) in [5.41, 5.74) is 2.40. The molecule has 0 bridgehead atoms. The number of amides is 1. The molecule has 0 atom stereocenters. The number of anilines is 1. The van der Waals surface area contributed by atoms with Gasteiger partial charge in [-0.25, -0.2) is 0 Å². The first-order chi connectivity index (χ1) is 8.29. The standard InChI is InChI=1S/C13H19N3O/c1-15-5-7-16(8-6-15)13-4-2-3-12(9-13)10-14-11-17/h2-4,9,11H,5-8,10H2,1H3,(H,14,17). The van der Waals surface area contributed by atoms with Gasteiger partial charge in [0.1, 0.15) is 0 Å². The Morgan fingerprint density at radius 1 is 1.29 bits per heavy atom. The maximum atomic E-state index is 10.3. The molecular weight excluding hydrogens is 214 g/mol. The zero-order chi connectivity index (χ0) is 12.1. The van der Waals surface area contributed by atoms with E-state index in [0.29, 0.717) is 6.54 Å². The number of benzene rings is 1. The Labute approximate surface area is 102 Å². The second-order valence-electron chi connectivity index (χ2n) is 4.46. The van der Waals surface area contributed by atoms with Gasteiger partial charge in [0.05, 0.1) is 0 Å². The molecule has 0 aromatic heterocycles. The summed E-state index contributed by atoms with van der Waals surface area (Å²) in [6.07, 6.45) is 0.739. The van der Waals surface area contributed by atoms with Gasteiger partial charge in [0.25, 0.3) is 0 Å². The van der Waals surface area contributed by atoms with Crippen molar-refractivity contribution in [3.05, 3.63) is 29.8 Å². The molecule has 17 heavy (non-hydrogen) atoms.